The molecule has 2 aromatic rings. The number of hydrogen-bond donors (Lipinski definition) is 1. The molecule has 0 radical (unpaired) electrons. The van der Waals surface area contributed by atoms with Crippen LogP contribution in [-0.2, 0) is 0 Å². The van der Waals surface area contributed by atoms with Gasteiger partial charge < -0.3 is 14.8 Å². The first-order valence-electron chi connectivity index (χ1n) is 5.63. The van der Waals surface area contributed by atoms with Gasteiger partial charge in [0.05, 0.1) is 19.7 Å². The van der Waals surface area contributed by atoms with Gasteiger partial charge in [-0.25, -0.2) is 13.8 Å². The van der Waals surface area contributed by atoms with Crippen LogP contribution in [0.4, 0.5) is 14.5 Å². The number of methoxy groups -OCH3 is 2. The molecule has 1 heterocycles. The van der Waals surface area contributed by atoms with Gasteiger partial charge in [0.15, 0.2) is 11.5 Å². The summed E-state index contributed by atoms with van der Waals surface area (Å²) in [5.41, 5.74) is 0.727. The Morgan fingerprint density at radius 3 is 2.26 bits per heavy atom. The van der Waals surface area contributed by atoms with Gasteiger partial charge in [0, 0.05) is 24.2 Å². The van der Waals surface area contributed by atoms with Crippen LogP contribution in [0.3, 0.4) is 0 Å². The van der Waals surface area contributed by atoms with Crippen molar-refractivity contribution in [3.63, 3.8) is 0 Å². The Kier molecular flexibility index (Phi) is 3.69. The molecular formula is C13H14F2N2O2. The van der Waals surface area contributed by atoms with E-state index in [0.717, 1.165) is 0 Å². The van der Waals surface area contributed by atoms with Gasteiger partial charge in [-0.15, -0.1) is 0 Å². The molecule has 0 saturated carbocycles. The molecule has 1 aromatic carbocycles. The molecular weight excluding hydrogens is 254 g/mol. The van der Waals surface area contributed by atoms with E-state index in [-0.39, 0.29) is 5.69 Å². The molecule has 0 aliphatic carbocycles. The fourth-order valence-electron chi connectivity index (χ4n) is 1.89. The molecule has 19 heavy (non-hydrogen) atoms. The van der Waals surface area contributed by atoms with Gasteiger partial charge in [-0.2, -0.15) is 0 Å². The van der Waals surface area contributed by atoms with Crippen molar-refractivity contribution in [1.29, 1.82) is 0 Å². The number of alkyl halides is 2. The number of aromatic nitrogens is 1. The van der Waals surface area contributed by atoms with Crippen LogP contribution < -0.4 is 14.8 Å². The molecule has 2 rings (SSSR count). The number of rotatable bonds is 4. The maximum atomic E-state index is 12.8. The Labute approximate surface area is 109 Å². The maximum absolute atomic E-state index is 12.8. The molecule has 0 fully saturated rings. The van der Waals surface area contributed by atoms with Crippen LogP contribution in [0.1, 0.15) is 12.1 Å². The number of ether oxygens (including phenoxy) is 2. The minimum absolute atomic E-state index is 0.274. The Balaban J connectivity index is 2.75. The third kappa shape index (κ3) is 2.38. The molecule has 0 atom stereocenters. The molecule has 0 aliphatic heterocycles. The number of benzene rings is 1. The molecule has 4 nitrogen and oxygen atoms in total. The number of nitrogens with one attached hydrogen (secondary N) is 1. The highest BCUT2D eigenvalue weighted by atomic mass is 19.3. The number of hydrogen-bond acceptors (Lipinski definition) is 4. The lowest BCUT2D eigenvalue weighted by Gasteiger charge is -2.13. The summed E-state index contributed by atoms with van der Waals surface area (Å²) in [7, 11) is 4.67. The smallest absolute Gasteiger partial charge is 0.280 e. The second-order valence-electron chi connectivity index (χ2n) is 3.87. The minimum atomic E-state index is -2.62. The summed E-state index contributed by atoms with van der Waals surface area (Å²) in [6.07, 6.45) is -2.62. The van der Waals surface area contributed by atoms with Crippen LogP contribution in [0, 0.1) is 0 Å². The Bertz CT molecular complexity index is 603. The van der Waals surface area contributed by atoms with Crippen LogP contribution >= 0.6 is 0 Å². The predicted octanol–water partition coefficient (Wildman–Crippen LogP) is 3.23. The highest BCUT2D eigenvalue weighted by Gasteiger charge is 2.15. The standard InChI is InChI=1S/C13H14F2N2O2/c1-16-8-5-10(13(14)15)17-9-6-12(19-3)11(18-2)4-7(8)9/h4-6,13H,1-3H3,(H,16,17). The van der Waals surface area contributed by atoms with E-state index < -0.39 is 6.43 Å². The fourth-order valence-corrected chi connectivity index (χ4v) is 1.89. The van der Waals surface area contributed by atoms with E-state index in [9.17, 15) is 8.78 Å². The number of fused-ring (bicyclic) bond motifs is 1. The van der Waals surface area contributed by atoms with Gasteiger partial charge in [0.25, 0.3) is 6.43 Å². The van der Waals surface area contributed by atoms with Gasteiger partial charge >= 0.3 is 0 Å². The summed E-state index contributed by atoms with van der Waals surface area (Å²) in [5.74, 6) is 0.981. The molecule has 1 N–H and O–H groups in total. The predicted molar refractivity (Wildman–Crippen MR) is 69.4 cm³/mol. The zero-order chi connectivity index (χ0) is 14.0. The molecule has 6 heteroatoms. The van der Waals surface area contributed by atoms with E-state index in [4.69, 9.17) is 9.47 Å². The number of halogens is 2. The lowest BCUT2D eigenvalue weighted by molar-refractivity contribution is 0.146. The third-order valence-corrected chi connectivity index (χ3v) is 2.83. The molecule has 0 unspecified atom stereocenters. The largest absolute Gasteiger partial charge is 0.493 e. The van der Waals surface area contributed by atoms with Crippen molar-refractivity contribution in [3.05, 3.63) is 23.9 Å². The Morgan fingerprint density at radius 1 is 1.11 bits per heavy atom. The quantitative estimate of drug-likeness (QED) is 0.924. The zero-order valence-electron chi connectivity index (χ0n) is 10.8. The number of pyridine rings is 1. The molecule has 0 bridgehead atoms. The molecule has 0 amide bonds. The molecule has 1 aromatic heterocycles. The van der Waals surface area contributed by atoms with Crippen LogP contribution in [0.5, 0.6) is 11.5 Å². The van der Waals surface area contributed by atoms with Gasteiger partial charge in [0.1, 0.15) is 5.69 Å². The molecule has 0 aliphatic rings. The monoisotopic (exact) mass is 268 g/mol. The van der Waals surface area contributed by atoms with Gasteiger partial charge in [-0.05, 0) is 12.1 Å². The normalized spacial score (nSPS) is 10.8. The second-order valence-corrected chi connectivity index (χ2v) is 3.87. The lowest BCUT2D eigenvalue weighted by Crippen LogP contribution is -1.98. The van der Waals surface area contributed by atoms with Gasteiger partial charge in [-0.1, -0.05) is 0 Å². The van der Waals surface area contributed by atoms with E-state index in [1.54, 1.807) is 19.2 Å². The van der Waals surface area contributed by atoms with Gasteiger partial charge in [-0.3, -0.25) is 0 Å². The summed E-state index contributed by atoms with van der Waals surface area (Å²) >= 11 is 0. The Hall–Kier alpha value is -2.11. The van der Waals surface area contributed by atoms with Crippen LogP contribution in [-0.4, -0.2) is 26.3 Å². The van der Waals surface area contributed by atoms with Crippen molar-refractivity contribution < 1.29 is 18.3 Å². The summed E-state index contributed by atoms with van der Waals surface area (Å²) in [6.45, 7) is 0. The molecule has 102 valence electrons. The van der Waals surface area contributed by atoms with Crippen LogP contribution in [0.25, 0.3) is 10.9 Å². The lowest BCUT2D eigenvalue weighted by atomic mass is 10.1. The third-order valence-electron chi connectivity index (χ3n) is 2.83. The SMILES string of the molecule is CNc1cc(C(F)F)nc2cc(OC)c(OC)cc12. The summed E-state index contributed by atoms with van der Waals surface area (Å²) < 4.78 is 35.9. The summed E-state index contributed by atoms with van der Waals surface area (Å²) in [4.78, 5) is 3.94. The van der Waals surface area contributed by atoms with Crippen molar-refractivity contribution in [3.8, 4) is 11.5 Å². The first kappa shape index (κ1) is 13.3. The second kappa shape index (κ2) is 5.26. The van der Waals surface area contributed by atoms with Crippen molar-refractivity contribution in [2.24, 2.45) is 0 Å². The highest BCUT2D eigenvalue weighted by molar-refractivity contribution is 5.93. The van der Waals surface area contributed by atoms with Gasteiger partial charge in [0.2, 0.25) is 0 Å². The minimum Gasteiger partial charge on any atom is -0.493 e. The molecule has 0 spiro atoms. The average Bonchev–Trinajstić information content (AvgIpc) is 2.44. The van der Waals surface area contributed by atoms with E-state index in [0.29, 0.717) is 28.1 Å². The fraction of sp³-hybridized carbons (Fsp3) is 0.308. The highest BCUT2D eigenvalue weighted by Crippen LogP contribution is 2.36. The van der Waals surface area contributed by atoms with E-state index in [2.05, 4.69) is 10.3 Å². The summed E-state index contributed by atoms with van der Waals surface area (Å²) in [5, 5.41) is 3.58. The van der Waals surface area contributed by atoms with E-state index in [1.165, 1.54) is 20.3 Å². The van der Waals surface area contributed by atoms with E-state index >= 15 is 0 Å². The van der Waals surface area contributed by atoms with Crippen molar-refractivity contribution in [2.45, 2.75) is 6.43 Å². The number of nitrogens with zero attached hydrogens (tertiary/aromatic N) is 1. The van der Waals surface area contributed by atoms with Crippen LogP contribution in [0.15, 0.2) is 18.2 Å². The van der Waals surface area contributed by atoms with Crippen molar-refractivity contribution in [1.82, 2.24) is 4.98 Å². The topological polar surface area (TPSA) is 43.4 Å². The van der Waals surface area contributed by atoms with E-state index in [1.807, 2.05) is 0 Å². The van der Waals surface area contributed by atoms with Crippen LogP contribution in [0.2, 0.25) is 0 Å². The maximum Gasteiger partial charge on any atom is 0.280 e. The zero-order valence-corrected chi connectivity index (χ0v) is 10.8. The number of anilines is 1. The average molecular weight is 268 g/mol. The Morgan fingerprint density at radius 2 is 1.74 bits per heavy atom. The van der Waals surface area contributed by atoms with Crippen molar-refractivity contribution >= 4 is 16.6 Å². The summed E-state index contributed by atoms with van der Waals surface area (Å²) in [6, 6.07) is 4.63. The first-order chi connectivity index (χ1) is 9.10. The first-order valence-corrected chi connectivity index (χ1v) is 5.63. The molecule has 0 saturated heterocycles. The van der Waals surface area contributed by atoms with Crippen molar-refractivity contribution in [2.75, 3.05) is 26.6 Å².